The average molecular weight is 228 g/mol. The van der Waals surface area contributed by atoms with Gasteiger partial charge in [-0.2, -0.15) is 0 Å². The van der Waals surface area contributed by atoms with Crippen LogP contribution in [0.3, 0.4) is 0 Å². The summed E-state index contributed by atoms with van der Waals surface area (Å²) in [6.07, 6.45) is 1.67. The van der Waals surface area contributed by atoms with Crippen LogP contribution in [0, 0.1) is 0 Å². The van der Waals surface area contributed by atoms with E-state index in [0.29, 0.717) is 5.52 Å². The molecule has 1 aromatic carbocycles. The van der Waals surface area contributed by atoms with Crippen LogP contribution in [-0.2, 0) is 19.4 Å². The van der Waals surface area contributed by atoms with Gasteiger partial charge in [0.15, 0.2) is 0 Å². The molecule has 0 saturated heterocycles. The van der Waals surface area contributed by atoms with Crippen molar-refractivity contribution in [3.63, 3.8) is 0 Å². The standard InChI is InChI=1S/C9H7NO.ClH.Ti/c11-8-5-1-3-7-4-2-6-10-9(7)8;;/h1-6,11H;1H;/q;;+1/p-1. The molecule has 2 rings (SSSR count). The molecule has 0 spiro atoms. The third kappa shape index (κ3) is 2.44. The number of pyridine rings is 1. The first kappa shape index (κ1) is 10.5. The number of nitrogens with zero attached hydrogens (tertiary/aromatic N) is 1. The molecule has 1 heterocycles. The van der Waals surface area contributed by atoms with Gasteiger partial charge in [-0.05, 0) is 12.1 Å². The Morgan fingerprint density at radius 3 is 2.54 bits per heavy atom. The van der Waals surface area contributed by atoms with Gasteiger partial charge in [-0.15, -0.1) is 0 Å². The molecule has 0 atom stereocenters. The second-order valence-electron chi connectivity index (χ2n) is 2.35. The zero-order valence-corrected chi connectivity index (χ0v) is 9.05. The van der Waals surface area contributed by atoms with Crippen molar-refractivity contribution < 1.29 is 24.5 Å². The fraction of sp³-hybridized carbons (Fsp3) is 0. The van der Waals surface area contributed by atoms with E-state index in [4.69, 9.17) is 0 Å². The molecule has 0 amide bonds. The molecule has 1 aromatic heterocycles. The molecular weight excluding hydrogens is 221 g/mol. The maximum absolute atomic E-state index is 9.31. The van der Waals surface area contributed by atoms with Crippen molar-refractivity contribution in [1.29, 1.82) is 0 Å². The first-order valence-electron chi connectivity index (χ1n) is 3.59. The summed E-state index contributed by atoms with van der Waals surface area (Å²) >= 11 is 1.47. The summed E-state index contributed by atoms with van der Waals surface area (Å²) in [6.45, 7) is 0. The quantitative estimate of drug-likeness (QED) is 0.703. The number of aromatic hydroxyl groups is 1. The molecule has 4 heteroatoms. The topological polar surface area (TPSA) is 33.1 Å². The fourth-order valence-corrected chi connectivity index (χ4v) is 1.09. The van der Waals surface area contributed by atoms with Gasteiger partial charge in [0.05, 0.1) is 0 Å². The van der Waals surface area contributed by atoms with Gasteiger partial charge in [0.2, 0.25) is 0 Å². The second kappa shape index (κ2) is 5.23. The Morgan fingerprint density at radius 1 is 1.15 bits per heavy atom. The van der Waals surface area contributed by atoms with E-state index in [1.54, 1.807) is 18.3 Å². The normalized spacial score (nSPS) is 8.92. The Kier molecular flexibility index (Phi) is 4.23. The molecule has 0 aliphatic heterocycles. The Hall–Kier alpha value is -0.566. The number of hydrogen-bond donors (Lipinski definition) is 1. The molecule has 13 heavy (non-hydrogen) atoms. The number of rotatable bonds is 0. The van der Waals surface area contributed by atoms with Crippen LogP contribution in [0.25, 0.3) is 10.9 Å². The molecule has 2 nitrogen and oxygen atoms in total. The monoisotopic (exact) mass is 228 g/mol. The molecule has 0 unspecified atom stereocenters. The number of halogens is 1. The van der Waals surface area contributed by atoms with Gasteiger partial charge < -0.3 is 5.11 Å². The van der Waals surface area contributed by atoms with Crippen LogP contribution in [-0.4, -0.2) is 10.1 Å². The molecule has 65 valence electrons. The Balaban J connectivity index is 0.000000396. The van der Waals surface area contributed by atoms with E-state index in [9.17, 15) is 5.11 Å². The SMILES string of the molecule is Oc1cccc2cccnc12.[Cl][Ti]. The number of phenolic OH excluding ortho intramolecular Hbond substituents is 1. The summed E-state index contributed by atoms with van der Waals surface area (Å²) in [5.74, 6) is 0.239. The summed E-state index contributed by atoms with van der Waals surface area (Å²) in [4.78, 5) is 4.03. The van der Waals surface area contributed by atoms with Crippen molar-refractivity contribution in [2.75, 3.05) is 0 Å². The van der Waals surface area contributed by atoms with Crippen molar-refractivity contribution >= 4 is 20.2 Å². The summed E-state index contributed by atoms with van der Waals surface area (Å²) in [5, 5.41) is 10.3. The zero-order valence-electron chi connectivity index (χ0n) is 6.74. The summed E-state index contributed by atoms with van der Waals surface area (Å²) < 4.78 is 0. The van der Waals surface area contributed by atoms with Gasteiger partial charge in [0.1, 0.15) is 11.3 Å². The van der Waals surface area contributed by atoms with Crippen LogP contribution >= 0.6 is 9.30 Å². The number of fused-ring (bicyclic) bond motifs is 1. The number of phenols is 1. The molecule has 0 radical (unpaired) electrons. The van der Waals surface area contributed by atoms with E-state index in [1.165, 1.54) is 19.4 Å². The Bertz CT molecular complexity index is 389. The zero-order chi connectivity index (χ0) is 9.68. The first-order valence-corrected chi connectivity index (χ1v) is 5.74. The molecule has 2 aromatic rings. The Labute approximate surface area is 91.8 Å². The van der Waals surface area contributed by atoms with Crippen molar-refractivity contribution in [3.05, 3.63) is 36.5 Å². The van der Waals surface area contributed by atoms with Crippen LogP contribution in [0.15, 0.2) is 36.5 Å². The first-order chi connectivity index (χ1) is 6.38. The predicted octanol–water partition coefficient (Wildman–Crippen LogP) is 2.63. The second-order valence-corrected chi connectivity index (χ2v) is 2.35. The van der Waals surface area contributed by atoms with Gasteiger partial charge in [0.25, 0.3) is 0 Å². The van der Waals surface area contributed by atoms with Crippen molar-refractivity contribution in [2.24, 2.45) is 0 Å². The van der Waals surface area contributed by atoms with Gasteiger partial charge in [-0.1, -0.05) is 18.2 Å². The third-order valence-corrected chi connectivity index (χ3v) is 1.61. The van der Waals surface area contributed by atoms with Gasteiger partial charge in [-0.3, -0.25) is 4.98 Å². The van der Waals surface area contributed by atoms with Crippen LogP contribution in [0.5, 0.6) is 5.75 Å². The van der Waals surface area contributed by atoms with Crippen LogP contribution in [0.2, 0.25) is 0 Å². The fourth-order valence-electron chi connectivity index (χ4n) is 1.09. The average Bonchev–Trinajstić information content (AvgIpc) is 2.22. The van der Waals surface area contributed by atoms with Gasteiger partial charge in [0, 0.05) is 11.6 Å². The van der Waals surface area contributed by atoms with E-state index in [1.807, 2.05) is 18.2 Å². The predicted molar refractivity (Wildman–Crippen MR) is 49.3 cm³/mol. The van der Waals surface area contributed by atoms with Gasteiger partial charge in [-0.25, -0.2) is 0 Å². The van der Waals surface area contributed by atoms with E-state index in [-0.39, 0.29) is 5.75 Å². The van der Waals surface area contributed by atoms with Crippen molar-refractivity contribution in [2.45, 2.75) is 0 Å². The molecule has 0 fully saturated rings. The molecule has 0 aliphatic carbocycles. The Morgan fingerprint density at radius 2 is 1.85 bits per heavy atom. The van der Waals surface area contributed by atoms with Crippen molar-refractivity contribution in [1.82, 2.24) is 4.98 Å². The van der Waals surface area contributed by atoms with Crippen LogP contribution in [0.4, 0.5) is 0 Å². The van der Waals surface area contributed by atoms with Crippen molar-refractivity contribution in [3.8, 4) is 5.75 Å². The van der Waals surface area contributed by atoms with E-state index >= 15 is 0 Å². The van der Waals surface area contributed by atoms with Crippen LogP contribution in [0.1, 0.15) is 0 Å². The summed E-state index contributed by atoms with van der Waals surface area (Å²) in [5.41, 5.74) is 0.662. The van der Waals surface area contributed by atoms with Crippen LogP contribution < -0.4 is 0 Å². The third-order valence-electron chi connectivity index (χ3n) is 1.61. The number of para-hydroxylation sites is 1. The summed E-state index contributed by atoms with van der Waals surface area (Å²) in [7, 11) is 4.64. The number of benzene rings is 1. The molecule has 0 aliphatic rings. The minimum absolute atomic E-state index is 0.239. The summed E-state index contributed by atoms with van der Waals surface area (Å²) in [6, 6.07) is 9.13. The van der Waals surface area contributed by atoms with E-state index in [0.717, 1.165) is 5.39 Å². The number of hydrogen-bond acceptors (Lipinski definition) is 2. The molecule has 1 N–H and O–H groups in total. The van der Waals surface area contributed by atoms with E-state index in [2.05, 4.69) is 14.3 Å². The minimum atomic E-state index is 0.239. The molecule has 0 bridgehead atoms. The number of aromatic nitrogens is 1. The van der Waals surface area contributed by atoms with Gasteiger partial charge >= 0.3 is 28.7 Å². The van der Waals surface area contributed by atoms with E-state index < -0.39 is 0 Å². The molecule has 0 saturated carbocycles. The maximum atomic E-state index is 9.31. The molecular formula is C9H7ClNOTi.